The van der Waals surface area contributed by atoms with Gasteiger partial charge in [0.2, 0.25) is 0 Å². The fourth-order valence-corrected chi connectivity index (χ4v) is 4.12. The summed E-state index contributed by atoms with van der Waals surface area (Å²) in [5, 5.41) is 3.64. The van der Waals surface area contributed by atoms with Gasteiger partial charge in [-0.25, -0.2) is 4.98 Å². The molecule has 0 unspecified atom stereocenters. The van der Waals surface area contributed by atoms with Gasteiger partial charge in [0.15, 0.2) is 5.69 Å². The fourth-order valence-electron chi connectivity index (χ4n) is 4.12. The lowest BCUT2D eigenvalue weighted by atomic mass is 9.94. The number of alkyl halides is 3. The number of H-pyrrole nitrogens is 1. The molecule has 0 spiro atoms. The Morgan fingerprint density at radius 1 is 1.12 bits per heavy atom. The number of piperidine rings is 1. The number of likely N-dealkylation sites (tertiary alicyclic amines) is 1. The maximum atomic E-state index is 13.5. The summed E-state index contributed by atoms with van der Waals surface area (Å²) in [4.78, 5) is 26.0. The van der Waals surface area contributed by atoms with Gasteiger partial charge in [0.1, 0.15) is 12.0 Å². The van der Waals surface area contributed by atoms with Crippen LogP contribution in [0.4, 0.5) is 13.2 Å². The summed E-state index contributed by atoms with van der Waals surface area (Å²) in [6.45, 7) is 0.821. The number of hydrogen-bond donors (Lipinski definition) is 1. The molecule has 1 amide bonds. The zero-order valence-electron chi connectivity index (χ0n) is 16.9. The van der Waals surface area contributed by atoms with Crippen LogP contribution in [0, 0.1) is 0 Å². The van der Waals surface area contributed by atoms with Crippen molar-refractivity contribution in [2.75, 3.05) is 13.1 Å². The third-order valence-corrected chi connectivity index (χ3v) is 5.69. The van der Waals surface area contributed by atoms with Crippen molar-refractivity contribution in [1.29, 1.82) is 0 Å². The average molecular weight is 440 g/mol. The number of aromatic nitrogens is 5. The largest absolute Gasteiger partial charge is 0.433 e. The van der Waals surface area contributed by atoms with Gasteiger partial charge in [-0.05, 0) is 36.6 Å². The second kappa shape index (κ2) is 7.77. The lowest BCUT2D eigenvalue weighted by Crippen LogP contribution is -2.39. The van der Waals surface area contributed by atoms with Gasteiger partial charge in [0.05, 0.1) is 5.69 Å². The van der Waals surface area contributed by atoms with E-state index in [1.165, 1.54) is 0 Å². The minimum atomic E-state index is -4.59. The van der Waals surface area contributed by atoms with Crippen molar-refractivity contribution in [3.8, 4) is 11.3 Å². The number of nitrogens with one attached hydrogen (secondary N) is 1. The minimum absolute atomic E-state index is 0.102. The van der Waals surface area contributed by atoms with Gasteiger partial charge in [-0.15, -0.1) is 0 Å². The lowest BCUT2D eigenvalue weighted by molar-refractivity contribution is -0.142. The SMILES string of the molecule is O=C(c1ccc(-c2ccccc2)[nH]1)N1CCC[C@H](c2cc(C(F)(F)F)n3ncnc3n2)C1. The topological polar surface area (TPSA) is 79.2 Å². The first kappa shape index (κ1) is 20.2. The Bertz CT molecular complexity index is 1260. The van der Waals surface area contributed by atoms with Crippen LogP contribution in [-0.2, 0) is 6.18 Å². The molecule has 0 radical (unpaired) electrons. The number of aromatic amines is 1. The molecule has 1 aliphatic rings. The van der Waals surface area contributed by atoms with Crippen molar-refractivity contribution in [2.24, 2.45) is 0 Å². The van der Waals surface area contributed by atoms with Crippen LogP contribution in [-0.4, -0.2) is 48.5 Å². The van der Waals surface area contributed by atoms with E-state index in [0.29, 0.717) is 29.6 Å². The first-order valence-electron chi connectivity index (χ1n) is 10.2. The minimum Gasteiger partial charge on any atom is -0.351 e. The molecule has 1 aromatic carbocycles. The van der Waals surface area contributed by atoms with E-state index in [0.717, 1.165) is 23.7 Å². The van der Waals surface area contributed by atoms with Crippen molar-refractivity contribution >= 4 is 11.7 Å². The Morgan fingerprint density at radius 2 is 1.94 bits per heavy atom. The van der Waals surface area contributed by atoms with E-state index in [-0.39, 0.29) is 29.8 Å². The fraction of sp³-hybridized carbons (Fsp3) is 0.273. The highest BCUT2D eigenvalue weighted by Crippen LogP contribution is 2.33. The first-order valence-corrected chi connectivity index (χ1v) is 10.2. The zero-order chi connectivity index (χ0) is 22.3. The van der Waals surface area contributed by atoms with Gasteiger partial charge >= 0.3 is 6.18 Å². The smallest absolute Gasteiger partial charge is 0.351 e. The van der Waals surface area contributed by atoms with Crippen molar-refractivity contribution in [3.05, 3.63) is 71.9 Å². The van der Waals surface area contributed by atoms with Crippen molar-refractivity contribution in [2.45, 2.75) is 24.9 Å². The number of rotatable bonds is 3. The summed E-state index contributed by atoms with van der Waals surface area (Å²) in [6.07, 6.45) is -2.23. The standard InChI is InChI=1S/C22H19F3N6O/c23-22(24,25)19-11-18(29-21-26-13-27-31(19)21)15-7-4-10-30(12-15)20(32)17-9-8-16(28-17)14-5-2-1-3-6-14/h1-3,5-6,8-9,11,13,15,28H,4,7,10,12H2/t15-/m0/s1. The van der Waals surface area contributed by atoms with Crippen LogP contribution in [0.25, 0.3) is 17.0 Å². The van der Waals surface area contributed by atoms with E-state index < -0.39 is 11.9 Å². The molecule has 7 nitrogen and oxygen atoms in total. The highest BCUT2D eigenvalue weighted by molar-refractivity contribution is 5.93. The van der Waals surface area contributed by atoms with Crippen LogP contribution in [0.15, 0.2) is 54.9 Å². The van der Waals surface area contributed by atoms with E-state index in [2.05, 4.69) is 20.1 Å². The molecule has 32 heavy (non-hydrogen) atoms. The second-order valence-electron chi connectivity index (χ2n) is 7.78. The lowest BCUT2D eigenvalue weighted by Gasteiger charge is -2.32. The maximum absolute atomic E-state index is 13.5. The van der Waals surface area contributed by atoms with Crippen LogP contribution in [0.3, 0.4) is 0 Å². The number of amides is 1. The van der Waals surface area contributed by atoms with Crippen molar-refractivity contribution < 1.29 is 18.0 Å². The highest BCUT2D eigenvalue weighted by Gasteiger charge is 2.36. The highest BCUT2D eigenvalue weighted by atomic mass is 19.4. The summed E-state index contributed by atoms with van der Waals surface area (Å²) in [5.41, 5.74) is 1.59. The van der Waals surface area contributed by atoms with Gasteiger partial charge in [-0.3, -0.25) is 4.79 Å². The van der Waals surface area contributed by atoms with Gasteiger partial charge in [-0.2, -0.15) is 27.8 Å². The molecule has 3 aromatic heterocycles. The molecule has 1 saturated heterocycles. The van der Waals surface area contributed by atoms with Gasteiger partial charge in [0, 0.05) is 24.7 Å². The molecule has 1 atom stereocenters. The molecule has 1 fully saturated rings. The number of carbonyl (C=O) groups excluding carboxylic acids is 1. The summed E-state index contributed by atoms with van der Waals surface area (Å²) in [6, 6.07) is 14.2. The molecule has 164 valence electrons. The second-order valence-corrected chi connectivity index (χ2v) is 7.78. The molecular weight excluding hydrogens is 421 g/mol. The molecular formula is C22H19F3N6O. The summed E-state index contributed by atoms with van der Waals surface area (Å²) < 4.78 is 41.3. The van der Waals surface area contributed by atoms with E-state index in [9.17, 15) is 18.0 Å². The normalized spacial score (nSPS) is 17.1. The predicted molar refractivity (Wildman–Crippen MR) is 110 cm³/mol. The maximum Gasteiger partial charge on any atom is 0.433 e. The molecule has 10 heteroatoms. The van der Waals surface area contributed by atoms with Gasteiger partial charge in [0.25, 0.3) is 11.7 Å². The summed E-state index contributed by atoms with van der Waals surface area (Å²) in [7, 11) is 0. The van der Waals surface area contributed by atoms with Crippen LogP contribution < -0.4 is 0 Å². The Hall–Kier alpha value is -3.69. The van der Waals surface area contributed by atoms with Crippen LogP contribution in [0.5, 0.6) is 0 Å². The molecule has 0 saturated carbocycles. The number of nitrogens with zero attached hydrogens (tertiary/aromatic N) is 5. The predicted octanol–water partition coefficient (Wildman–Crippen LogP) is 4.16. The molecule has 0 aliphatic carbocycles. The molecule has 5 rings (SSSR count). The molecule has 4 heterocycles. The average Bonchev–Trinajstić information content (AvgIpc) is 3.48. The monoisotopic (exact) mass is 440 g/mol. The number of halogens is 3. The first-order chi connectivity index (χ1) is 15.4. The number of hydrogen-bond acceptors (Lipinski definition) is 4. The molecule has 0 bridgehead atoms. The Morgan fingerprint density at radius 3 is 2.72 bits per heavy atom. The molecule has 1 aliphatic heterocycles. The third kappa shape index (κ3) is 3.72. The van der Waals surface area contributed by atoms with Crippen LogP contribution in [0.1, 0.15) is 40.6 Å². The Kier molecular flexibility index (Phi) is 4.91. The number of fused-ring (bicyclic) bond motifs is 1. The van der Waals surface area contributed by atoms with Crippen molar-refractivity contribution in [3.63, 3.8) is 0 Å². The number of carbonyl (C=O) groups is 1. The summed E-state index contributed by atoms with van der Waals surface area (Å²) >= 11 is 0. The van der Waals surface area contributed by atoms with E-state index in [4.69, 9.17) is 0 Å². The van der Waals surface area contributed by atoms with Gasteiger partial charge < -0.3 is 9.88 Å². The quantitative estimate of drug-likeness (QED) is 0.519. The van der Waals surface area contributed by atoms with E-state index in [1.54, 1.807) is 11.0 Å². The van der Waals surface area contributed by atoms with Crippen LogP contribution >= 0.6 is 0 Å². The Labute approximate surface area is 180 Å². The van der Waals surface area contributed by atoms with Gasteiger partial charge in [-0.1, -0.05) is 30.3 Å². The molecule has 4 aromatic rings. The number of benzene rings is 1. The van der Waals surface area contributed by atoms with E-state index >= 15 is 0 Å². The van der Waals surface area contributed by atoms with Crippen LogP contribution in [0.2, 0.25) is 0 Å². The van der Waals surface area contributed by atoms with E-state index in [1.807, 2.05) is 36.4 Å². The summed E-state index contributed by atoms with van der Waals surface area (Å²) in [5.74, 6) is -0.606. The zero-order valence-corrected chi connectivity index (χ0v) is 16.9. The Balaban J connectivity index is 1.39. The molecule has 1 N–H and O–H groups in total. The third-order valence-electron chi connectivity index (χ3n) is 5.69. The van der Waals surface area contributed by atoms with Crippen molar-refractivity contribution in [1.82, 2.24) is 29.5 Å².